The van der Waals surface area contributed by atoms with Gasteiger partial charge in [0.1, 0.15) is 5.00 Å². The van der Waals surface area contributed by atoms with Crippen LogP contribution in [0.15, 0.2) is 12.2 Å². The maximum atomic E-state index is 12.6. The highest BCUT2D eigenvalue weighted by Gasteiger charge is 2.35. The number of carboxylic acid groups (broad SMARTS) is 1. The summed E-state index contributed by atoms with van der Waals surface area (Å²) >= 11 is 1.30. The summed E-state index contributed by atoms with van der Waals surface area (Å²) < 4.78 is 5.06. The summed E-state index contributed by atoms with van der Waals surface area (Å²) in [5, 5.41) is 12.5. The van der Waals surface area contributed by atoms with E-state index in [0.29, 0.717) is 23.4 Å². The Morgan fingerprint density at radius 2 is 1.88 bits per heavy atom. The third kappa shape index (κ3) is 3.67. The Morgan fingerprint density at radius 3 is 2.46 bits per heavy atom. The number of nitrogens with one attached hydrogen (secondary N) is 1. The van der Waals surface area contributed by atoms with Crippen molar-refractivity contribution in [2.45, 2.75) is 33.6 Å². The van der Waals surface area contributed by atoms with Crippen molar-refractivity contribution in [3.05, 3.63) is 28.2 Å². The molecule has 0 aliphatic heterocycles. The van der Waals surface area contributed by atoms with Gasteiger partial charge in [-0.1, -0.05) is 12.2 Å². The van der Waals surface area contributed by atoms with E-state index in [1.54, 1.807) is 19.9 Å². The number of esters is 1. The molecule has 0 saturated heterocycles. The molecule has 2 atom stereocenters. The van der Waals surface area contributed by atoms with E-state index in [2.05, 4.69) is 5.32 Å². The molecule has 0 aromatic carbocycles. The monoisotopic (exact) mass is 351 g/mol. The van der Waals surface area contributed by atoms with Crippen LogP contribution in [0.4, 0.5) is 5.00 Å². The summed E-state index contributed by atoms with van der Waals surface area (Å²) in [5.74, 6) is -3.23. The van der Waals surface area contributed by atoms with E-state index < -0.39 is 23.8 Å². The molecule has 1 heterocycles. The van der Waals surface area contributed by atoms with Crippen molar-refractivity contribution in [1.82, 2.24) is 0 Å². The van der Waals surface area contributed by atoms with Crippen LogP contribution in [0.5, 0.6) is 0 Å². The maximum Gasteiger partial charge on any atom is 0.341 e. The van der Waals surface area contributed by atoms with Crippen molar-refractivity contribution in [3.8, 4) is 0 Å². The number of aryl methyl sites for hydroxylation is 1. The zero-order valence-corrected chi connectivity index (χ0v) is 14.7. The lowest BCUT2D eigenvalue weighted by Gasteiger charge is -2.24. The summed E-state index contributed by atoms with van der Waals surface area (Å²) in [6, 6.07) is 0. The molecule has 6 nitrogen and oxygen atoms in total. The summed E-state index contributed by atoms with van der Waals surface area (Å²) in [4.78, 5) is 37.0. The fourth-order valence-electron chi connectivity index (χ4n) is 2.75. The van der Waals surface area contributed by atoms with Crippen molar-refractivity contribution in [3.63, 3.8) is 0 Å². The minimum absolute atomic E-state index is 0.245. The molecule has 0 unspecified atom stereocenters. The number of carboxylic acids is 1. The molecule has 2 rings (SSSR count). The van der Waals surface area contributed by atoms with E-state index in [1.165, 1.54) is 11.3 Å². The van der Waals surface area contributed by atoms with E-state index in [9.17, 15) is 19.5 Å². The molecule has 2 N–H and O–H groups in total. The molecule has 1 aromatic rings. The van der Waals surface area contributed by atoms with Gasteiger partial charge in [0.2, 0.25) is 5.91 Å². The van der Waals surface area contributed by atoms with Crippen molar-refractivity contribution < 1.29 is 24.2 Å². The molecule has 1 amide bonds. The van der Waals surface area contributed by atoms with Gasteiger partial charge in [-0.15, -0.1) is 11.3 Å². The maximum absolute atomic E-state index is 12.6. The van der Waals surface area contributed by atoms with Crippen LogP contribution in [-0.2, 0) is 14.3 Å². The van der Waals surface area contributed by atoms with Crippen LogP contribution in [0.1, 0.15) is 40.6 Å². The summed E-state index contributed by atoms with van der Waals surface area (Å²) in [6.07, 6.45) is 4.31. The average molecular weight is 351 g/mol. The van der Waals surface area contributed by atoms with Gasteiger partial charge in [-0.3, -0.25) is 9.59 Å². The summed E-state index contributed by atoms with van der Waals surface area (Å²) in [6.45, 7) is 5.63. The predicted octanol–water partition coefficient (Wildman–Crippen LogP) is 3.15. The number of anilines is 1. The van der Waals surface area contributed by atoms with Crippen LogP contribution in [0.25, 0.3) is 0 Å². The van der Waals surface area contributed by atoms with Gasteiger partial charge in [0.25, 0.3) is 0 Å². The normalized spacial score (nSPS) is 19.8. The number of carbonyl (C=O) groups is 3. The minimum atomic E-state index is -0.983. The first kappa shape index (κ1) is 18.2. The Bertz CT molecular complexity index is 691. The van der Waals surface area contributed by atoms with Gasteiger partial charge in [-0.2, -0.15) is 0 Å². The van der Waals surface area contributed by atoms with Crippen molar-refractivity contribution >= 4 is 34.2 Å². The zero-order chi connectivity index (χ0) is 17.9. The van der Waals surface area contributed by atoms with Gasteiger partial charge in [0.05, 0.1) is 24.0 Å². The Kier molecular flexibility index (Phi) is 5.77. The highest BCUT2D eigenvalue weighted by atomic mass is 32.1. The van der Waals surface area contributed by atoms with E-state index in [4.69, 9.17) is 4.74 Å². The standard InChI is InChI=1S/C17H21NO5S/c1-4-23-17(22)13-9(2)10(3)24-15(13)18-14(19)11-7-5-6-8-12(11)16(20)21/h5-6,11-12H,4,7-8H2,1-3H3,(H,18,19)(H,20,21)/t11-,12+/m1/s1. The molecule has 1 aliphatic rings. The fourth-order valence-corrected chi connectivity index (χ4v) is 3.80. The Balaban J connectivity index is 2.26. The lowest BCUT2D eigenvalue weighted by atomic mass is 9.82. The molecule has 0 bridgehead atoms. The average Bonchev–Trinajstić information content (AvgIpc) is 2.81. The van der Waals surface area contributed by atoms with Crippen LogP contribution >= 0.6 is 11.3 Å². The number of thiophene rings is 1. The number of rotatable bonds is 5. The summed E-state index contributed by atoms with van der Waals surface area (Å²) in [5.41, 5.74) is 1.12. The lowest BCUT2D eigenvalue weighted by Crippen LogP contribution is -2.34. The van der Waals surface area contributed by atoms with Crippen molar-refractivity contribution in [2.75, 3.05) is 11.9 Å². The van der Waals surface area contributed by atoms with E-state index in [0.717, 1.165) is 10.4 Å². The smallest absolute Gasteiger partial charge is 0.341 e. The third-order valence-electron chi connectivity index (χ3n) is 4.19. The topological polar surface area (TPSA) is 92.7 Å². The van der Waals surface area contributed by atoms with E-state index >= 15 is 0 Å². The lowest BCUT2D eigenvalue weighted by molar-refractivity contribution is -0.146. The van der Waals surface area contributed by atoms with E-state index in [-0.39, 0.29) is 12.5 Å². The van der Waals surface area contributed by atoms with Gasteiger partial charge >= 0.3 is 11.9 Å². The molecule has 0 fully saturated rings. The third-order valence-corrected chi connectivity index (χ3v) is 5.31. The highest BCUT2D eigenvalue weighted by molar-refractivity contribution is 7.16. The number of amides is 1. The zero-order valence-electron chi connectivity index (χ0n) is 13.9. The highest BCUT2D eigenvalue weighted by Crippen LogP contribution is 2.35. The number of allylic oxidation sites excluding steroid dienone is 2. The molecule has 1 aliphatic carbocycles. The quantitative estimate of drug-likeness (QED) is 0.628. The number of aliphatic carboxylic acids is 1. The first-order valence-electron chi connectivity index (χ1n) is 7.82. The largest absolute Gasteiger partial charge is 0.481 e. The van der Waals surface area contributed by atoms with Crippen molar-refractivity contribution in [1.29, 1.82) is 0 Å². The SMILES string of the molecule is CCOC(=O)c1c(NC(=O)[C@@H]2CC=CC[C@@H]2C(=O)O)sc(C)c1C. The Labute approximate surface area is 144 Å². The molecule has 7 heteroatoms. The second-order valence-electron chi connectivity index (χ2n) is 5.69. The molecular weight excluding hydrogens is 330 g/mol. The first-order chi connectivity index (χ1) is 11.4. The van der Waals surface area contributed by atoms with Gasteiger partial charge in [0, 0.05) is 4.88 Å². The van der Waals surface area contributed by atoms with Crippen LogP contribution in [0.2, 0.25) is 0 Å². The molecule has 130 valence electrons. The van der Waals surface area contributed by atoms with Gasteiger partial charge in [-0.05, 0) is 39.2 Å². The van der Waals surface area contributed by atoms with Crippen molar-refractivity contribution in [2.24, 2.45) is 11.8 Å². The number of hydrogen-bond acceptors (Lipinski definition) is 5. The van der Waals surface area contributed by atoms with Gasteiger partial charge < -0.3 is 15.2 Å². The van der Waals surface area contributed by atoms with Crippen LogP contribution in [0.3, 0.4) is 0 Å². The van der Waals surface area contributed by atoms with Crippen LogP contribution < -0.4 is 5.32 Å². The number of hydrogen-bond donors (Lipinski definition) is 2. The molecule has 0 radical (unpaired) electrons. The first-order valence-corrected chi connectivity index (χ1v) is 8.64. The second kappa shape index (κ2) is 7.61. The van der Waals surface area contributed by atoms with Crippen LogP contribution in [-0.4, -0.2) is 29.6 Å². The number of ether oxygens (including phenoxy) is 1. The Hall–Kier alpha value is -2.15. The molecule has 24 heavy (non-hydrogen) atoms. The fraction of sp³-hybridized carbons (Fsp3) is 0.471. The van der Waals surface area contributed by atoms with Gasteiger partial charge in [0.15, 0.2) is 0 Å². The van der Waals surface area contributed by atoms with Gasteiger partial charge in [-0.25, -0.2) is 4.79 Å². The minimum Gasteiger partial charge on any atom is -0.481 e. The predicted molar refractivity (Wildman–Crippen MR) is 91.4 cm³/mol. The van der Waals surface area contributed by atoms with E-state index in [1.807, 2.05) is 13.0 Å². The summed E-state index contributed by atoms with van der Waals surface area (Å²) in [7, 11) is 0. The second-order valence-corrected chi connectivity index (χ2v) is 6.92. The molecule has 1 aromatic heterocycles. The van der Waals surface area contributed by atoms with Crippen LogP contribution in [0, 0.1) is 25.7 Å². The number of carbonyl (C=O) groups excluding carboxylic acids is 2. The molecule has 0 spiro atoms. The molecule has 0 saturated carbocycles. The Morgan fingerprint density at radius 1 is 1.25 bits per heavy atom. The molecular formula is C17H21NO5S.